The molecule has 118 valence electrons. The highest BCUT2D eigenvalue weighted by atomic mass is 35.5. The van der Waals surface area contributed by atoms with E-state index in [-0.39, 0.29) is 15.8 Å². The van der Waals surface area contributed by atoms with E-state index in [4.69, 9.17) is 11.6 Å². The number of nitrogens with one attached hydrogen (secondary N) is 1. The smallest absolute Gasteiger partial charge is 0.207 e. The second kappa shape index (κ2) is 5.78. The summed E-state index contributed by atoms with van der Waals surface area (Å²) in [6, 6.07) is 2.70. The van der Waals surface area contributed by atoms with E-state index < -0.39 is 27.8 Å². The molecule has 1 fully saturated rings. The lowest BCUT2D eigenvalue weighted by molar-refractivity contribution is -0.138. The summed E-state index contributed by atoms with van der Waals surface area (Å²) in [6.45, 7) is 1.16. The van der Waals surface area contributed by atoms with Crippen LogP contribution in [0.4, 0.5) is 13.2 Å². The van der Waals surface area contributed by atoms with Gasteiger partial charge in [-0.2, -0.15) is 13.2 Å². The molecule has 3 nitrogen and oxygen atoms in total. The number of benzene rings is 1. The molecular formula is C13H15ClF3NO2S. The van der Waals surface area contributed by atoms with Gasteiger partial charge in [-0.15, -0.1) is 11.6 Å². The molecule has 1 N–H and O–H groups in total. The zero-order chi connectivity index (χ0) is 15.8. The monoisotopic (exact) mass is 341 g/mol. The van der Waals surface area contributed by atoms with E-state index in [9.17, 15) is 21.6 Å². The Balaban J connectivity index is 2.37. The summed E-state index contributed by atoms with van der Waals surface area (Å²) in [5.74, 6) is 0. The van der Waals surface area contributed by atoms with Crippen molar-refractivity contribution in [1.82, 2.24) is 4.72 Å². The Morgan fingerprint density at radius 3 is 2.48 bits per heavy atom. The molecule has 0 amide bonds. The molecule has 1 saturated carbocycles. The maximum absolute atomic E-state index is 12.8. The third kappa shape index (κ3) is 3.52. The molecule has 8 heteroatoms. The van der Waals surface area contributed by atoms with Crippen LogP contribution >= 0.6 is 11.6 Å². The van der Waals surface area contributed by atoms with Crippen LogP contribution in [0.5, 0.6) is 0 Å². The molecule has 0 aromatic heterocycles. The van der Waals surface area contributed by atoms with Gasteiger partial charge in [0.2, 0.25) is 10.0 Å². The minimum Gasteiger partial charge on any atom is -0.207 e. The van der Waals surface area contributed by atoms with Gasteiger partial charge in [0.1, 0.15) is 0 Å². The van der Waals surface area contributed by atoms with Crippen molar-refractivity contribution in [2.45, 2.75) is 48.7 Å². The van der Waals surface area contributed by atoms with E-state index in [1.165, 1.54) is 6.07 Å². The minimum atomic E-state index is -4.59. The number of alkyl halides is 4. The van der Waals surface area contributed by atoms with Gasteiger partial charge in [-0.3, -0.25) is 0 Å². The number of hydrogen-bond acceptors (Lipinski definition) is 2. The van der Waals surface area contributed by atoms with Gasteiger partial charge in [0.05, 0.1) is 10.5 Å². The first-order chi connectivity index (χ1) is 9.63. The van der Waals surface area contributed by atoms with Gasteiger partial charge in [0.25, 0.3) is 0 Å². The summed E-state index contributed by atoms with van der Waals surface area (Å²) in [7, 11) is -4.02. The highest BCUT2D eigenvalue weighted by Crippen LogP contribution is 2.34. The first-order valence-corrected chi connectivity index (χ1v) is 8.38. The van der Waals surface area contributed by atoms with Gasteiger partial charge >= 0.3 is 6.18 Å². The maximum Gasteiger partial charge on any atom is 0.416 e. The zero-order valence-corrected chi connectivity index (χ0v) is 12.8. The van der Waals surface area contributed by atoms with E-state index in [1.54, 1.807) is 0 Å². The molecule has 0 saturated heterocycles. The van der Waals surface area contributed by atoms with Gasteiger partial charge in [0.15, 0.2) is 0 Å². The summed E-state index contributed by atoms with van der Waals surface area (Å²) in [4.78, 5) is -0.354. The second-order valence-corrected chi connectivity index (χ2v) is 7.34. The fourth-order valence-corrected chi connectivity index (χ4v) is 4.52. The lowest BCUT2D eigenvalue weighted by Crippen LogP contribution is -2.38. The summed E-state index contributed by atoms with van der Waals surface area (Å²) in [5.41, 5.74) is -1.25. The van der Waals surface area contributed by atoms with Gasteiger partial charge < -0.3 is 0 Å². The third-order valence-electron chi connectivity index (χ3n) is 3.62. The fourth-order valence-electron chi connectivity index (χ4n) is 2.52. The maximum atomic E-state index is 12.8. The molecule has 1 aliphatic carbocycles. The molecule has 21 heavy (non-hydrogen) atoms. The lowest BCUT2D eigenvalue weighted by Gasteiger charge is -2.18. The number of rotatable bonds is 3. The number of halogens is 4. The SMILES string of the molecule is Cc1c(C(F)(F)F)cccc1S(=O)(=O)NC1CCCC1Cl. The molecule has 0 spiro atoms. The molecule has 2 atom stereocenters. The van der Waals surface area contributed by atoms with Crippen molar-refractivity contribution in [2.24, 2.45) is 0 Å². The first kappa shape index (κ1) is 16.6. The van der Waals surface area contributed by atoms with Crippen LogP contribution in [0.3, 0.4) is 0 Å². The van der Waals surface area contributed by atoms with Crippen molar-refractivity contribution in [3.8, 4) is 0 Å². The van der Waals surface area contributed by atoms with Gasteiger partial charge in [-0.1, -0.05) is 12.5 Å². The van der Waals surface area contributed by atoms with Crippen LogP contribution in [0.15, 0.2) is 23.1 Å². The molecule has 0 aliphatic heterocycles. The van der Waals surface area contributed by atoms with E-state index in [2.05, 4.69) is 4.72 Å². The van der Waals surface area contributed by atoms with Crippen LogP contribution in [-0.4, -0.2) is 19.8 Å². The Kier molecular flexibility index (Phi) is 4.56. The van der Waals surface area contributed by atoms with Gasteiger partial charge in [0, 0.05) is 11.4 Å². The average molecular weight is 342 g/mol. The highest BCUT2D eigenvalue weighted by molar-refractivity contribution is 7.89. The van der Waals surface area contributed by atoms with E-state index in [0.717, 1.165) is 25.5 Å². The molecular weight excluding hydrogens is 327 g/mol. The third-order valence-corrected chi connectivity index (χ3v) is 5.77. The minimum absolute atomic E-state index is 0.304. The largest absolute Gasteiger partial charge is 0.416 e. The lowest BCUT2D eigenvalue weighted by atomic mass is 10.1. The van der Waals surface area contributed by atoms with E-state index >= 15 is 0 Å². The van der Waals surface area contributed by atoms with Gasteiger partial charge in [-0.25, -0.2) is 13.1 Å². The van der Waals surface area contributed by atoms with Crippen LogP contribution in [0, 0.1) is 6.92 Å². The van der Waals surface area contributed by atoms with Crippen molar-refractivity contribution >= 4 is 21.6 Å². The average Bonchev–Trinajstić information content (AvgIpc) is 2.73. The summed E-state index contributed by atoms with van der Waals surface area (Å²) < 4.78 is 65.5. The van der Waals surface area contributed by atoms with Crippen molar-refractivity contribution < 1.29 is 21.6 Å². The molecule has 2 unspecified atom stereocenters. The van der Waals surface area contributed by atoms with Crippen LogP contribution in [0.2, 0.25) is 0 Å². The van der Waals surface area contributed by atoms with Crippen LogP contribution in [0.25, 0.3) is 0 Å². The fraction of sp³-hybridized carbons (Fsp3) is 0.538. The van der Waals surface area contributed by atoms with E-state index in [0.29, 0.717) is 12.8 Å². The molecule has 1 aliphatic rings. The van der Waals surface area contributed by atoms with Gasteiger partial charge in [-0.05, 0) is 37.5 Å². The molecule has 0 radical (unpaired) electrons. The van der Waals surface area contributed by atoms with E-state index in [1.807, 2.05) is 0 Å². The Morgan fingerprint density at radius 2 is 1.95 bits per heavy atom. The Hall–Kier alpha value is -0.790. The van der Waals surface area contributed by atoms with Crippen molar-refractivity contribution in [2.75, 3.05) is 0 Å². The number of sulfonamides is 1. The zero-order valence-electron chi connectivity index (χ0n) is 11.2. The Bertz CT molecular complexity index is 631. The summed E-state index contributed by atoms with van der Waals surface area (Å²) in [6.07, 6.45) is -2.51. The van der Waals surface area contributed by atoms with Crippen LogP contribution < -0.4 is 4.72 Å². The molecule has 0 bridgehead atoms. The summed E-state index contributed by atoms with van der Waals surface area (Å²) in [5, 5.41) is -0.328. The second-order valence-electron chi connectivity index (χ2n) is 5.10. The van der Waals surface area contributed by atoms with Crippen molar-refractivity contribution in [3.05, 3.63) is 29.3 Å². The predicted molar refractivity (Wildman–Crippen MR) is 73.8 cm³/mol. The first-order valence-electron chi connectivity index (χ1n) is 6.46. The Morgan fingerprint density at radius 1 is 1.29 bits per heavy atom. The molecule has 1 aromatic rings. The quantitative estimate of drug-likeness (QED) is 0.856. The number of hydrogen-bond donors (Lipinski definition) is 1. The van der Waals surface area contributed by atoms with Crippen molar-refractivity contribution in [1.29, 1.82) is 0 Å². The molecule has 2 rings (SSSR count). The molecule has 0 heterocycles. The van der Waals surface area contributed by atoms with Crippen LogP contribution in [0.1, 0.15) is 30.4 Å². The predicted octanol–water partition coefficient (Wildman–Crippen LogP) is 3.45. The van der Waals surface area contributed by atoms with Crippen LogP contribution in [-0.2, 0) is 16.2 Å². The normalized spacial score (nSPS) is 23.5. The standard InChI is InChI=1S/C13H15ClF3NO2S/c1-8-9(13(15,16)17)4-2-7-12(8)21(19,20)18-11-6-3-5-10(11)14/h2,4,7,10-11,18H,3,5-6H2,1H3. The summed E-state index contributed by atoms with van der Waals surface area (Å²) >= 11 is 6.01. The van der Waals surface area contributed by atoms with Crippen molar-refractivity contribution in [3.63, 3.8) is 0 Å². The molecule has 1 aromatic carbocycles. The topological polar surface area (TPSA) is 46.2 Å². The Labute approximate surface area is 126 Å². The highest BCUT2D eigenvalue weighted by Gasteiger charge is 2.36.